The summed E-state index contributed by atoms with van der Waals surface area (Å²) >= 11 is 0. The maximum Gasteiger partial charge on any atom is 0.257 e. The molecule has 2 aliphatic rings. The number of amides is 1. The lowest BCUT2D eigenvalue weighted by Gasteiger charge is -2.47. The van der Waals surface area contributed by atoms with E-state index in [4.69, 9.17) is 0 Å². The molecule has 1 aromatic rings. The molecule has 0 spiro atoms. The highest BCUT2D eigenvalue weighted by Gasteiger charge is 2.44. The van der Waals surface area contributed by atoms with Gasteiger partial charge in [-0.25, -0.2) is 0 Å². The largest absolute Gasteiger partial charge is 0.389 e. The Morgan fingerprint density at radius 3 is 2.90 bits per heavy atom. The van der Waals surface area contributed by atoms with E-state index < -0.39 is 5.60 Å². The summed E-state index contributed by atoms with van der Waals surface area (Å²) in [6, 6.07) is 0. The average molecular weight is 277 g/mol. The first-order chi connectivity index (χ1) is 9.51. The number of piperidine rings is 1. The van der Waals surface area contributed by atoms with Gasteiger partial charge < -0.3 is 10.0 Å². The molecule has 2 fully saturated rings. The first-order valence-electron chi connectivity index (χ1n) is 7.54. The van der Waals surface area contributed by atoms with Gasteiger partial charge in [-0.3, -0.25) is 9.89 Å². The van der Waals surface area contributed by atoms with Gasteiger partial charge in [-0.2, -0.15) is 5.10 Å². The third-order valence-corrected chi connectivity index (χ3v) is 5.06. The Morgan fingerprint density at radius 1 is 1.40 bits per heavy atom. The van der Waals surface area contributed by atoms with Crippen LogP contribution in [0.1, 0.15) is 53.8 Å². The van der Waals surface area contributed by atoms with Gasteiger partial charge >= 0.3 is 0 Å². The zero-order valence-corrected chi connectivity index (χ0v) is 12.3. The van der Waals surface area contributed by atoms with Crippen molar-refractivity contribution in [3.63, 3.8) is 0 Å². The lowest BCUT2D eigenvalue weighted by molar-refractivity contribution is -0.0886. The molecule has 1 saturated heterocycles. The number of aliphatic hydroxyl groups is 1. The Kier molecular flexibility index (Phi) is 3.32. The van der Waals surface area contributed by atoms with E-state index in [1.165, 1.54) is 6.42 Å². The molecule has 5 heteroatoms. The van der Waals surface area contributed by atoms with Crippen LogP contribution in [0.3, 0.4) is 0 Å². The van der Waals surface area contributed by atoms with Crippen molar-refractivity contribution in [2.24, 2.45) is 5.92 Å². The van der Waals surface area contributed by atoms with E-state index in [1.807, 2.05) is 18.7 Å². The van der Waals surface area contributed by atoms with Crippen LogP contribution in [0.5, 0.6) is 0 Å². The number of aromatic nitrogens is 2. The predicted molar refractivity (Wildman–Crippen MR) is 75.5 cm³/mol. The second kappa shape index (κ2) is 4.88. The van der Waals surface area contributed by atoms with Gasteiger partial charge in [-0.15, -0.1) is 0 Å². The minimum absolute atomic E-state index is 0.0568. The fourth-order valence-electron chi connectivity index (χ4n) is 3.78. The number of H-pyrrole nitrogens is 1. The third-order valence-electron chi connectivity index (χ3n) is 5.06. The smallest absolute Gasteiger partial charge is 0.257 e. The molecule has 20 heavy (non-hydrogen) atoms. The molecule has 0 radical (unpaired) electrons. The highest BCUT2D eigenvalue weighted by Crippen LogP contribution is 2.40. The molecular formula is C15H23N3O2. The van der Waals surface area contributed by atoms with Crippen LogP contribution < -0.4 is 0 Å². The van der Waals surface area contributed by atoms with Crippen molar-refractivity contribution in [1.29, 1.82) is 0 Å². The van der Waals surface area contributed by atoms with Gasteiger partial charge in [0.15, 0.2) is 0 Å². The molecule has 0 bridgehead atoms. The maximum atomic E-state index is 12.7. The van der Waals surface area contributed by atoms with E-state index >= 15 is 0 Å². The van der Waals surface area contributed by atoms with Crippen molar-refractivity contribution in [1.82, 2.24) is 15.1 Å². The number of rotatable bonds is 1. The Labute approximate surface area is 119 Å². The van der Waals surface area contributed by atoms with Crippen molar-refractivity contribution in [3.8, 4) is 0 Å². The molecule has 2 heterocycles. The molecule has 3 rings (SSSR count). The van der Waals surface area contributed by atoms with E-state index in [-0.39, 0.29) is 11.8 Å². The lowest BCUT2D eigenvalue weighted by Crippen LogP contribution is -2.54. The van der Waals surface area contributed by atoms with Crippen LogP contribution in [0.15, 0.2) is 0 Å². The molecule has 1 saturated carbocycles. The van der Waals surface area contributed by atoms with E-state index in [0.29, 0.717) is 25.1 Å². The first kappa shape index (κ1) is 13.6. The van der Waals surface area contributed by atoms with Gasteiger partial charge in [0.25, 0.3) is 5.91 Å². The molecule has 1 aromatic heterocycles. The van der Waals surface area contributed by atoms with Crippen molar-refractivity contribution >= 4 is 5.91 Å². The van der Waals surface area contributed by atoms with E-state index in [2.05, 4.69) is 10.2 Å². The number of hydrogen-bond donors (Lipinski definition) is 2. The van der Waals surface area contributed by atoms with Crippen molar-refractivity contribution < 1.29 is 9.90 Å². The molecule has 2 unspecified atom stereocenters. The number of fused-ring (bicyclic) bond motifs is 1. The molecule has 2 N–H and O–H groups in total. The standard InChI is InChI=1S/C15H23N3O2/c1-10-13(11(2)17-16-10)14(19)18-8-7-15(20)6-4-3-5-12(15)9-18/h12,20H,3-9H2,1-2H3,(H,16,17). The second-order valence-electron chi connectivity index (χ2n) is 6.36. The molecule has 1 aliphatic heterocycles. The zero-order valence-electron chi connectivity index (χ0n) is 12.3. The summed E-state index contributed by atoms with van der Waals surface area (Å²) in [5.74, 6) is 0.294. The van der Waals surface area contributed by atoms with Crippen molar-refractivity contribution in [2.75, 3.05) is 13.1 Å². The molecule has 2 atom stereocenters. The van der Waals surface area contributed by atoms with Gasteiger partial charge in [-0.1, -0.05) is 12.8 Å². The fourth-order valence-corrected chi connectivity index (χ4v) is 3.78. The van der Waals surface area contributed by atoms with Gasteiger partial charge in [0.1, 0.15) is 0 Å². The summed E-state index contributed by atoms with van der Waals surface area (Å²) in [6.45, 7) is 5.07. The second-order valence-corrected chi connectivity index (χ2v) is 6.36. The summed E-state index contributed by atoms with van der Waals surface area (Å²) in [4.78, 5) is 14.6. The molecule has 1 amide bonds. The number of likely N-dealkylation sites (tertiary alicyclic amines) is 1. The van der Waals surface area contributed by atoms with Crippen LogP contribution in [0.4, 0.5) is 0 Å². The van der Waals surface area contributed by atoms with E-state index in [0.717, 1.165) is 30.7 Å². The number of carbonyl (C=O) groups is 1. The predicted octanol–water partition coefficient (Wildman–Crippen LogP) is 1.79. The van der Waals surface area contributed by atoms with Gasteiger partial charge in [0.05, 0.1) is 16.9 Å². The minimum atomic E-state index is -0.532. The zero-order chi connectivity index (χ0) is 14.3. The number of carbonyl (C=O) groups excluding carboxylic acids is 1. The molecule has 0 aromatic carbocycles. The first-order valence-corrected chi connectivity index (χ1v) is 7.54. The fraction of sp³-hybridized carbons (Fsp3) is 0.733. The summed E-state index contributed by atoms with van der Waals surface area (Å²) < 4.78 is 0. The van der Waals surface area contributed by atoms with Crippen molar-refractivity contribution in [3.05, 3.63) is 17.0 Å². The van der Waals surface area contributed by atoms with Crippen molar-refractivity contribution in [2.45, 2.75) is 51.6 Å². The summed E-state index contributed by atoms with van der Waals surface area (Å²) in [7, 11) is 0. The highest BCUT2D eigenvalue weighted by molar-refractivity contribution is 5.96. The highest BCUT2D eigenvalue weighted by atomic mass is 16.3. The molecule has 1 aliphatic carbocycles. The van der Waals surface area contributed by atoms with Gasteiger partial charge in [-0.05, 0) is 33.1 Å². The van der Waals surface area contributed by atoms with E-state index in [9.17, 15) is 9.90 Å². The van der Waals surface area contributed by atoms with Crippen LogP contribution in [0.2, 0.25) is 0 Å². The SMILES string of the molecule is Cc1n[nH]c(C)c1C(=O)N1CCC2(O)CCCCC2C1. The average Bonchev–Trinajstić information content (AvgIpc) is 2.76. The Morgan fingerprint density at radius 2 is 2.20 bits per heavy atom. The molecule has 110 valence electrons. The lowest BCUT2D eigenvalue weighted by atomic mass is 9.71. The van der Waals surface area contributed by atoms with Gasteiger partial charge in [0.2, 0.25) is 0 Å². The summed E-state index contributed by atoms with van der Waals surface area (Å²) in [5, 5.41) is 17.7. The van der Waals surface area contributed by atoms with Gasteiger partial charge in [0, 0.05) is 24.7 Å². The number of aryl methyl sites for hydroxylation is 2. The van der Waals surface area contributed by atoms with E-state index in [1.54, 1.807) is 0 Å². The topological polar surface area (TPSA) is 69.2 Å². The van der Waals surface area contributed by atoms with Crippen LogP contribution in [-0.2, 0) is 0 Å². The monoisotopic (exact) mass is 277 g/mol. The Balaban J connectivity index is 1.78. The Bertz CT molecular complexity index is 506. The summed E-state index contributed by atoms with van der Waals surface area (Å²) in [5.41, 5.74) is 1.76. The van der Waals surface area contributed by atoms with Crippen LogP contribution in [0, 0.1) is 19.8 Å². The number of hydrogen-bond acceptors (Lipinski definition) is 3. The molecular weight excluding hydrogens is 254 g/mol. The Hall–Kier alpha value is -1.36. The minimum Gasteiger partial charge on any atom is -0.389 e. The summed E-state index contributed by atoms with van der Waals surface area (Å²) in [6.07, 6.45) is 4.91. The number of nitrogens with one attached hydrogen (secondary N) is 1. The number of aromatic amines is 1. The number of nitrogens with zero attached hydrogens (tertiary/aromatic N) is 2. The van der Waals surface area contributed by atoms with Crippen LogP contribution >= 0.6 is 0 Å². The van der Waals surface area contributed by atoms with Crippen LogP contribution in [0.25, 0.3) is 0 Å². The van der Waals surface area contributed by atoms with Crippen LogP contribution in [-0.4, -0.2) is 44.8 Å². The third kappa shape index (κ3) is 2.14. The normalized spacial score (nSPS) is 30.1. The quantitative estimate of drug-likeness (QED) is 0.822. The maximum absolute atomic E-state index is 12.7. The molecule has 5 nitrogen and oxygen atoms in total.